The molecule has 3 aromatic rings. The number of aliphatic hydroxyl groups is 1. The first-order chi connectivity index (χ1) is 13.1. The summed E-state index contributed by atoms with van der Waals surface area (Å²) < 4.78 is 6.98. The highest BCUT2D eigenvalue weighted by molar-refractivity contribution is 7.20. The van der Waals surface area contributed by atoms with Gasteiger partial charge in [0.1, 0.15) is 12.4 Å². The molecule has 0 saturated heterocycles. The molecule has 0 aliphatic rings. The molecule has 6 nitrogen and oxygen atoms in total. The fourth-order valence-corrected chi connectivity index (χ4v) is 3.52. The predicted octanol–water partition coefficient (Wildman–Crippen LogP) is 3.02. The van der Waals surface area contributed by atoms with Crippen LogP contribution >= 0.6 is 11.3 Å². The molecule has 0 atom stereocenters. The molecule has 3 rings (SSSR count). The minimum Gasteiger partial charge on any atom is -0.431 e. The third-order valence-electron chi connectivity index (χ3n) is 4.04. The van der Waals surface area contributed by atoms with E-state index in [-0.39, 0.29) is 5.91 Å². The number of nitrogens with zero attached hydrogens (tertiary/aromatic N) is 2. The minimum absolute atomic E-state index is 0.332. The first kappa shape index (κ1) is 19.3. The molecule has 0 radical (unpaired) electrons. The molecule has 142 valence electrons. The van der Waals surface area contributed by atoms with E-state index in [0.29, 0.717) is 11.7 Å². The van der Waals surface area contributed by atoms with Gasteiger partial charge in [-0.1, -0.05) is 35.6 Å². The summed E-state index contributed by atoms with van der Waals surface area (Å²) in [5.74, 6) is 0.438. The molecule has 2 N–H and O–H groups in total. The van der Waals surface area contributed by atoms with E-state index >= 15 is 0 Å². The fourth-order valence-electron chi connectivity index (χ4n) is 2.68. The van der Waals surface area contributed by atoms with Crippen LogP contribution in [0, 0.1) is 0 Å². The van der Waals surface area contributed by atoms with Gasteiger partial charge in [0.25, 0.3) is 5.19 Å². The molecule has 7 heteroatoms. The Morgan fingerprint density at radius 1 is 1.22 bits per heavy atom. The Kier molecular flexibility index (Phi) is 6.75. The van der Waals surface area contributed by atoms with Crippen LogP contribution in [0.4, 0.5) is 0 Å². The molecule has 0 unspecified atom stereocenters. The van der Waals surface area contributed by atoms with Crippen molar-refractivity contribution in [2.24, 2.45) is 0 Å². The third kappa shape index (κ3) is 5.75. The van der Waals surface area contributed by atoms with Crippen LogP contribution < -0.4 is 10.1 Å². The number of carbonyl (C=O) groups excluding carboxylic acids is 1. The number of carbonyl (C=O) groups is 1. The lowest BCUT2D eigenvalue weighted by Gasteiger charge is -2.17. The SMILES string of the molecule is CN(CCCNC(=O)CO)Cc1ccc(Oc2nc3ccccc3s2)cc1. The number of para-hydroxylation sites is 1. The van der Waals surface area contributed by atoms with Gasteiger partial charge >= 0.3 is 0 Å². The number of rotatable bonds is 9. The van der Waals surface area contributed by atoms with Gasteiger partial charge in [-0.25, -0.2) is 4.98 Å². The number of amides is 1. The lowest BCUT2D eigenvalue weighted by Crippen LogP contribution is -2.29. The van der Waals surface area contributed by atoms with Gasteiger partial charge in [0, 0.05) is 13.1 Å². The molecule has 0 fully saturated rings. The van der Waals surface area contributed by atoms with Gasteiger partial charge in [-0.15, -0.1) is 0 Å². The molecule has 0 aliphatic carbocycles. The molecule has 0 spiro atoms. The Balaban J connectivity index is 1.47. The van der Waals surface area contributed by atoms with E-state index in [2.05, 4.69) is 15.2 Å². The Morgan fingerprint density at radius 2 is 2.00 bits per heavy atom. The van der Waals surface area contributed by atoms with Crippen LogP contribution in [-0.2, 0) is 11.3 Å². The van der Waals surface area contributed by atoms with Crippen molar-refractivity contribution in [3.05, 3.63) is 54.1 Å². The monoisotopic (exact) mass is 385 g/mol. The van der Waals surface area contributed by atoms with Crippen LogP contribution in [0.2, 0.25) is 0 Å². The van der Waals surface area contributed by atoms with Crippen LogP contribution in [0.25, 0.3) is 10.2 Å². The topological polar surface area (TPSA) is 74.7 Å². The summed E-state index contributed by atoms with van der Waals surface area (Å²) in [4.78, 5) is 17.6. The zero-order chi connectivity index (χ0) is 19.1. The molecular weight excluding hydrogens is 362 g/mol. The number of benzene rings is 2. The molecule has 1 aromatic heterocycles. The first-order valence-corrected chi connectivity index (χ1v) is 9.64. The number of hydrogen-bond acceptors (Lipinski definition) is 6. The van der Waals surface area contributed by atoms with E-state index in [1.165, 1.54) is 16.9 Å². The van der Waals surface area contributed by atoms with Crippen molar-refractivity contribution in [3.8, 4) is 10.9 Å². The quantitative estimate of drug-likeness (QED) is 0.554. The van der Waals surface area contributed by atoms with Crippen molar-refractivity contribution in [1.29, 1.82) is 0 Å². The second-order valence-electron chi connectivity index (χ2n) is 6.29. The smallest absolute Gasteiger partial charge is 0.279 e. The number of aliphatic hydroxyl groups excluding tert-OH is 1. The van der Waals surface area contributed by atoms with E-state index in [9.17, 15) is 4.79 Å². The van der Waals surface area contributed by atoms with Gasteiger partial charge in [0.05, 0.1) is 10.2 Å². The third-order valence-corrected chi connectivity index (χ3v) is 4.95. The van der Waals surface area contributed by atoms with Crippen molar-refractivity contribution in [1.82, 2.24) is 15.2 Å². The maximum Gasteiger partial charge on any atom is 0.279 e. The zero-order valence-electron chi connectivity index (χ0n) is 15.2. The second-order valence-corrected chi connectivity index (χ2v) is 7.29. The van der Waals surface area contributed by atoms with E-state index in [1.54, 1.807) is 0 Å². The molecule has 2 aromatic carbocycles. The Labute approximate surface area is 162 Å². The minimum atomic E-state index is -0.457. The lowest BCUT2D eigenvalue weighted by molar-refractivity contribution is -0.123. The van der Waals surface area contributed by atoms with Crippen molar-refractivity contribution in [2.75, 3.05) is 26.7 Å². The van der Waals surface area contributed by atoms with E-state index < -0.39 is 6.61 Å². The molecule has 0 saturated carbocycles. The van der Waals surface area contributed by atoms with Gasteiger partial charge in [-0.2, -0.15) is 0 Å². The maximum absolute atomic E-state index is 11.0. The van der Waals surface area contributed by atoms with Gasteiger partial charge in [-0.05, 0) is 49.8 Å². The summed E-state index contributed by atoms with van der Waals surface area (Å²) in [7, 11) is 2.04. The summed E-state index contributed by atoms with van der Waals surface area (Å²) >= 11 is 1.53. The van der Waals surface area contributed by atoms with Crippen LogP contribution in [0.1, 0.15) is 12.0 Å². The van der Waals surface area contributed by atoms with Gasteiger partial charge in [-0.3, -0.25) is 4.79 Å². The number of fused-ring (bicyclic) bond motifs is 1. The van der Waals surface area contributed by atoms with Crippen molar-refractivity contribution < 1.29 is 14.6 Å². The van der Waals surface area contributed by atoms with E-state index in [0.717, 1.165) is 35.5 Å². The highest BCUT2D eigenvalue weighted by Gasteiger charge is 2.06. The van der Waals surface area contributed by atoms with E-state index in [1.807, 2.05) is 55.6 Å². The largest absolute Gasteiger partial charge is 0.431 e. The van der Waals surface area contributed by atoms with E-state index in [4.69, 9.17) is 9.84 Å². The fraction of sp³-hybridized carbons (Fsp3) is 0.300. The Hall–Kier alpha value is -2.48. The number of aromatic nitrogens is 1. The van der Waals surface area contributed by atoms with Crippen LogP contribution in [0.3, 0.4) is 0 Å². The predicted molar refractivity (Wildman–Crippen MR) is 107 cm³/mol. The molecule has 0 aliphatic heterocycles. The highest BCUT2D eigenvalue weighted by atomic mass is 32.1. The van der Waals surface area contributed by atoms with Crippen molar-refractivity contribution >= 4 is 27.5 Å². The van der Waals surface area contributed by atoms with Gasteiger partial charge < -0.3 is 20.1 Å². The van der Waals surface area contributed by atoms with Crippen molar-refractivity contribution in [2.45, 2.75) is 13.0 Å². The van der Waals surface area contributed by atoms with Crippen LogP contribution in [-0.4, -0.2) is 47.6 Å². The zero-order valence-corrected chi connectivity index (χ0v) is 16.0. The Morgan fingerprint density at radius 3 is 2.74 bits per heavy atom. The molecule has 27 heavy (non-hydrogen) atoms. The molecule has 0 bridgehead atoms. The van der Waals surface area contributed by atoms with Gasteiger partial charge in [0.15, 0.2) is 0 Å². The number of thiazole rings is 1. The number of nitrogens with one attached hydrogen (secondary N) is 1. The summed E-state index contributed by atoms with van der Waals surface area (Å²) in [5.41, 5.74) is 2.14. The summed E-state index contributed by atoms with van der Waals surface area (Å²) in [5, 5.41) is 12.0. The molecular formula is C20H23N3O3S. The number of hydrogen-bond donors (Lipinski definition) is 2. The molecule has 1 heterocycles. The van der Waals surface area contributed by atoms with Crippen LogP contribution in [0.15, 0.2) is 48.5 Å². The van der Waals surface area contributed by atoms with Crippen molar-refractivity contribution in [3.63, 3.8) is 0 Å². The lowest BCUT2D eigenvalue weighted by atomic mass is 10.2. The summed E-state index contributed by atoms with van der Waals surface area (Å²) in [6.07, 6.45) is 0.834. The summed E-state index contributed by atoms with van der Waals surface area (Å²) in [6.45, 7) is 1.78. The Bertz CT molecular complexity index is 847. The number of ether oxygens (including phenoxy) is 1. The first-order valence-electron chi connectivity index (χ1n) is 8.82. The standard InChI is InChI=1S/C20H23N3O3S/c1-23(12-4-11-21-19(25)14-24)13-15-7-9-16(10-8-15)26-20-22-17-5-2-3-6-18(17)27-20/h2-3,5-10,24H,4,11-14H2,1H3,(H,21,25). The molecule has 1 amide bonds. The van der Waals surface area contributed by atoms with Gasteiger partial charge in [0.2, 0.25) is 5.91 Å². The highest BCUT2D eigenvalue weighted by Crippen LogP contribution is 2.31. The van der Waals surface area contributed by atoms with Crippen LogP contribution in [0.5, 0.6) is 10.9 Å². The normalized spacial score (nSPS) is 11.1. The summed E-state index contributed by atoms with van der Waals surface area (Å²) in [6, 6.07) is 16.0. The maximum atomic E-state index is 11.0. The average molecular weight is 385 g/mol. The second kappa shape index (κ2) is 9.45. The average Bonchev–Trinajstić information content (AvgIpc) is 3.09.